The third kappa shape index (κ3) is 2.30. The van der Waals surface area contributed by atoms with Gasteiger partial charge in [-0.15, -0.1) is 0 Å². The lowest BCUT2D eigenvalue weighted by Crippen LogP contribution is -2.02. The van der Waals surface area contributed by atoms with E-state index in [-0.39, 0.29) is 0 Å². The smallest absolute Gasteiger partial charge is 0.195 e. The Bertz CT molecular complexity index is 292. The van der Waals surface area contributed by atoms with Crippen LogP contribution in [0.1, 0.15) is 37.5 Å². The van der Waals surface area contributed by atoms with Crippen molar-refractivity contribution >= 4 is 11.8 Å². The number of aromatic nitrogens is 1. The summed E-state index contributed by atoms with van der Waals surface area (Å²) in [7, 11) is 0. The van der Waals surface area contributed by atoms with Crippen LogP contribution in [0.2, 0.25) is 0 Å². The van der Waals surface area contributed by atoms with Crippen molar-refractivity contribution in [2.24, 2.45) is 0 Å². The summed E-state index contributed by atoms with van der Waals surface area (Å²) in [5.74, 6) is 2.02. The summed E-state index contributed by atoms with van der Waals surface area (Å²) in [5, 5.41) is 9.93. The molecule has 2 rings (SSSR count). The molecular weight excluding hydrogens is 198 g/mol. The van der Waals surface area contributed by atoms with Crippen molar-refractivity contribution in [1.29, 1.82) is 0 Å². The van der Waals surface area contributed by atoms with Crippen LogP contribution in [0.3, 0.4) is 0 Å². The molecule has 2 unspecified atom stereocenters. The quantitative estimate of drug-likeness (QED) is 0.835. The van der Waals surface area contributed by atoms with E-state index >= 15 is 0 Å². The van der Waals surface area contributed by atoms with Crippen LogP contribution in [0.5, 0.6) is 0 Å². The van der Waals surface area contributed by atoms with E-state index in [0.29, 0.717) is 10.9 Å². The molecule has 1 aromatic heterocycles. The third-order valence-corrected chi connectivity index (χ3v) is 3.82. The molecule has 0 aliphatic carbocycles. The summed E-state index contributed by atoms with van der Waals surface area (Å²) in [6.45, 7) is 1.70. The monoisotopic (exact) mass is 213 g/mol. The maximum atomic E-state index is 9.27. The Morgan fingerprint density at radius 2 is 2.64 bits per heavy atom. The highest BCUT2D eigenvalue weighted by molar-refractivity contribution is 8.00. The molecule has 1 aromatic rings. The van der Waals surface area contributed by atoms with Crippen molar-refractivity contribution in [2.75, 3.05) is 5.75 Å². The number of hydrogen-bond donors (Lipinski definition) is 1. The summed E-state index contributed by atoms with van der Waals surface area (Å²) in [6.07, 6.45) is 4.50. The second-order valence-electron chi connectivity index (χ2n) is 3.68. The van der Waals surface area contributed by atoms with Crippen molar-refractivity contribution < 1.29 is 9.52 Å². The summed E-state index contributed by atoms with van der Waals surface area (Å²) < 4.78 is 5.30. The van der Waals surface area contributed by atoms with Crippen LogP contribution < -0.4 is 0 Å². The summed E-state index contributed by atoms with van der Waals surface area (Å²) >= 11 is 1.99. The molecule has 1 aliphatic heterocycles. The fourth-order valence-electron chi connectivity index (χ4n) is 1.61. The van der Waals surface area contributed by atoms with Gasteiger partial charge in [0, 0.05) is 11.7 Å². The van der Waals surface area contributed by atoms with Gasteiger partial charge in [0.1, 0.15) is 12.0 Å². The van der Waals surface area contributed by atoms with Gasteiger partial charge in [0.2, 0.25) is 0 Å². The van der Waals surface area contributed by atoms with Gasteiger partial charge >= 0.3 is 0 Å². The van der Waals surface area contributed by atoms with Gasteiger partial charge in [-0.3, -0.25) is 0 Å². The molecule has 1 fully saturated rings. The normalized spacial score (nSPS) is 24.0. The second kappa shape index (κ2) is 4.36. The van der Waals surface area contributed by atoms with Crippen LogP contribution in [0, 0.1) is 0 Å². The molecule has 1 aliphatic rings. The Kier molecular flexibility index (Phi) is 3.13. The predicted octanol–water partition coefficient (Wildman–Crippen LogP) is 2.17. The minimum atomic E-state index is -0.524. The van der Waals surface area contributed by atoms with Gasteiger partial charge in [-0.25, -0.2) is 4.98 Å². The summed E-state index contributed by atoms with van der Waals surface area (Å²) in [4.78, 5) is 4.24. The Morgan fingerprint density at radius 3 is 3.21 bits per heavy atom. The van der Waals surface area contributed by atoms with E-state index < -0.39 is 6.10 Å². The van der Waals surface area contributed by atoms with Crippen molar-refractivity contribution in [1.82, 2.24) is 4.98 Å². The standard InChI is InChI=1S/C10H15NO2S/c1-7(12)9-6-13-10(11-9)5-8-3-2-4-14-8/h6-8,12H,2-5H2,1H3. The molecule has 0 radical (unpaired) electrons. The van der Waals surface area contributed by atoms with E-state index in [9.17, 15) is 5.11 Å². The van der Waals surface area contributed by atoms with E-state index in [1.54, 1.807) is 13.2 Å². The molecule has 2 atom stereocenters. The summed E-state index contributed by atoms with van der Waals surface area (Å²) in [6, 6.07) is 0. The fourth-order valence-corrected chi connectivity index (χ4v) is 2.87. The largest absolute Gasteiger partial charge is 0.449 e. The molecule has 2 heterocycles. The number of nitrogens with zero attached hydrogens (tertiary/aromatic N) is 1. The van der Waals surface area contributed by atoms with Crippen molar-refractivity contribution in [3.8, 4) is 0 Å². The van der Waals surface area contributed by atoms with E-state index in [0.717, 1.165) is 12.3 Å². The minimum Gasteiger partial charge on any atom is -0.449 e. The van der Waals surface area contributed by atoms with Gasteiger partial charge in [-0.2, -0.15) is 11.8 Å². The number of rotatable bonds is 3. The molecule has 0 bridgehead atoms. The van der Waals surface area contributed by atoms with E-state index in [1.165, 1.54) is 18.6 Å². The zero-order chi connectivity index (χ0) is 9.97. The molecule has 1 saturated heterocycles. The van der Waals surface area contributed by atoms with Crippen LogP contribution in [0.15, 0.2) is 10.7 Å². The van der Waals surface area contributed by atoms with E-state index in [4.69, 9.17) is 4.42 Å². The molecule has 4 heteroatoms. The van der Waals surface area contributed by atoms with Gasteiger partial charge in [0.25, 0.3) is 0 Å². The molecule has 0 spiro atoms. The molecule has 1 N–H and O–H groups in total. The van der Waals surface area contributed by atoms with Crippen molar-refractivity contribution in [3.63, 3.8) is 0 Å². The number of aliphatic hydroxyl groups excluding tert-OH is 1. The van der Waals surface area contributed by atoms with Gasteiger partial charge in [0.15, 0.2) is 5.89 Å². The minimum absolute atomic E-state index is 0.524. The lowest BCUT2D eigenvalue weighted by Gasteiger charge is -2.03. The van der Waals surface area contributed by atoms with Gasteiger partial charge in [0.05, 0.1) is 6.10 Å². The van der Waals surface area contributed by atoms with Crippen molar-refractivity contribution in [3.05, 3.63) is 17.8 Å². The first-order chi connectivity index (χ1) is 6.75. The first-order valence-corrected chi connectivity index (χ1v) is 6.04. The zero-order valence-electron chi connectivity index (χ0n) is 8.27. The first kappa shape index (κ1) is 10.1. The Hall–Kier alpha value is -0.480. The van der Waals surface area contributed by atoms with Crippen LogP contribution >= 0.6 is 11.8 Å². The average molecular weight is 213 g/mol. The lowest BCUT2D eigenvalue weighted by atomic mass is 10.2. The highest BCUT2D eigenvalue weighted by atomic mass is 32.2. The van der Waals surface area contributed by atoms with Crippen LogP contribution in [-0.2, 0) is 6.42 Å². The van der Waals surface area contributed by atoms with Crippen molar-refractivity contribution in [2.45, 2.75) is 37.5 Å². The number of thioether (sulfide) groups is 1. The number of aliphatic hydroxyl groups is 1. The van der Waals surface area contributed by atoms with Crippen LogP contribution in [0.25, 0.3) is 0 Å². The number of hydrogen-bond acceptors (Lipinski definition) is 4. The molecule has 0 amide bonds. The fraction of sp³-hybridized carbons (Fsp3) is 0.700. The number of oxazole rings is 1. The molecule has 0 saturated carbocycles. The highest BCUT2D eigenvalue weighted by Crippen LogP contribution is 2.29. The average Bonchev–Trinajstić information content (AvgIpc) is 2.75. The molecular formula is C10H15NO2S. The van der Waals surface area contributed by atoms with Crippen LogP contribution in [0.4, 0.5) is 0 Å². The Labute approximate surface area is 87.9 Å². The van der Waals surface area contributed by atoms with E-state index in [2.05, 4.69) is 4.98 Å². The Morgan fingerprint density at radius 1 is 1.79 bits per heavy atom. The van der Waals surface area contributed by atoms with Crippen LogP contribution in [-0.4, -0.2) is 21.1 Å². The predicted molar refractivity (Wildman–Crippen MR) is 56.3 cm³/mol. The highest BCUT2D eigenvalue weighted by Gasteiger charge is 2.19. The lowest BCUT2D eigenvalue weighted by molar-refractivity contribution is 0.194. The van der Waals surface area contributed by atoms with E-state index in [1.807, 2.05) is 11.8 Å². The molecule has 3 nitrogen and oxygen atoms in total. The second-order valence-corrected chi connectivity index (χ2v) is 5.09. The van der Waals surface area contributed by atoms with Gasteiger partial charge in [-0.1, -0.05) is 0 Å². The third-order valence-electron chi connectivity index (χ3n) is 2.42. The zero-order valence-corrected chi connectivity index (χ0v) is 9.09. The summed E-state index contributed by atoms with van der Waals surface area (Å²) in [5.41, 5.74) is 0.642. The molecule has 14 heavy (non-hydrogen) atoms. The SMILES string of the molecule is CC(O)c1coc(CC2CCCS2)n1. The molecule has 0 aromatic carbocycles. The topological polar surface area (TPSA) is 46.3 Å². The maximum absolute atomic E-state index is 9.27. The van der Waals surface area contributed by atoms with Gasteiger partial charge in [-0.05, 0) is 25.5 Å². The Balaban J connectivity index is 1.95. The molecule has 78 valence electrons. The van der Waals surface area contributed by atoms with Gasteiger partial charge < -0.3 is 9.52 Å². The first-order valence-electron chi connectivity index (χ1n) is 4.99. The maximum Gasteiger partial charge on any atom is 0.195 e.